The van der Waals surface area contributed by atoms with Gasteiger partial charge in [-0.15, -0.1) is 0 Å². The molecule has 0 fully saturated rings. The van der Waals surface area contributed by atoms with Gasteiger partial charge in [-0.3, -0.25) is 0 Å². The summed E-state index contributed by atoms with van der Waals surface area (Å²) in [6.45, 7) is 0. The first-order chi connectivity index (χ1) is 33.3. The first-order valence-electron chi connectivity index (χ1n) is 23.5. The molecular formula is C67H40. The molecule has 15 rings (SSSR count). The van der Waals surface area contributed by atoms with Crippen molar-refractivity contribution >= 4 is 64.6 Å². The first-order valence-corrected chi connectivity index (χ1v) is 23.5. The van der Waals surface area contributed by atoms with E-state index in [1.165, 1.54) is 143 Å². The van der Waals surface area contributed by atoms with Crippen LogP contribution in [0.2, 0.25) is 0 Å². The van der Waals surface area contributed by atoms with Crippen LogP contribution in [-0.2, 0) is 5.41 Å². The monoisotopic (exact) mass is 844 g/mol. The average Bonchev–Trinajstić information content (AvgIpc) is 3.88. The van der Waals surface area contributed by atoms with E-state index in [0.29, 0.717) is 0 Å². The summed E-state index contributed by atoms with van der Waals surface area (Å²) in [6, 6.07) is 91.6. The fraction of sp³-hybridized carbons (Fsp3) is 0.0149. The molecule has 0 heteroatoms. The maximum Gasteiger partial charge on any atom is 0.0732 e. The van der Waals surface area contributed by atoms with Crippen molar-refractivity contribution in [2.45, 2.75) is 5.41 Å². The molecule has 0 amide bonds. The molecule has 0 saturated carbocycles. The van der Waals surface area contributed by atoms with Crippen molar-refractivity contribution in [2.75, 3.05) is 0 Å². The molecule has 67 heavy (non-hydrogen) atoms. The maximum absolute atomic E-state index is 2.63. The van der Waals surface area contributed by atoms with Crippen LogP contribution in [0.1, 0.15) is 22.3 Å². The molecular weight excluding hydrogens is 805 g/mol. The molecule has 0 radical (unpaired) electrons. The van der Waals surface area contributed by atoms with Gasteiger partial charge in [-0.05, 0) is 155 Å². The molecule has 1 spiro atoms. The van der Waals surface area contributed by atoms with Gasteiger partial charge in [-0.25, -0.2) is 0 Å². The van der Waals surface area contributed by atoms with Gasteiger partial charge in [0.2, 0.25) is 0 Å². The molecule has 0 atom stereocenters. The molecule has 2 aliphatic carbocycles. The van der Waals surface area contributed by atoms with E-state index < -0.39 is 5.41 Å². The van der Waals surface area contributed by atoms with Crippen molar-refractivity contribution < 1.29 is 0 Å². The quantitative estimate of drug-likeness (QED) is 0.123. The second-order valence-corrected chi connectivity index (χ2v) is 18.5. The van der Waals surface area contributed by atoms with Crippen LogP contribution in [0, 0.1) is 0 Å². The van der Waals surface area contributed by atoms with Crippen LogP contribution in [-0.4, -0.2) is 0 Å². The number of rotatable bonds is 3. The van der Waals surface area contributed by atoms with E-state index in [2.05, 4.69) is 243 Å². The van der Waals surface area contributed by atoms with Crippen LogP contribution in [0.4, 0.5) is 0 Å². The molecule has 0 N–H and O–H groups in total. The third kappa shape index (κ3) is 4.81. The lowest BCUT2D eigenvalue weighted by atomic mass is 9.68. The third-order valence-corrected chi connectivity index (χ3v) is 15.4. The van der Waals surface area contributed by atoms with Gasteiger partial charge in [0.05, 0.1) is 5.41 Å². The van der Waals surface area contributed by atoms with Crippen molar-refractivity contribution in [3.8, 4) is 55.6 Å². The summed E-state index contributed by atoms with van der Waals surface area (Å²) in [5, 5.41) is 15.3. The Morgan fingerprint density at radius 2 is 0.627 bits per heavy atom. The van der Waals surface area contributed by atoms with Crippen LogP contribution < -0.4 is 0 Å². The van der Waals surface area contributed by atoms with Crippen LogP contribution in [0.3, 0.4) is 0 Å². The van der Waals surface area contributed by atoms with Gasteiger partial charge in [0.25, 0.3) is 0 Å². The lowest BCUT2D eigenvalue weighted by molar-refractivity contribution is 0.803. The molecule has 0 nitrogen and oxygen atoms in total. The normalized spacial score (nSPS) is 13.2. The zero-order chi connectivity index (χ0) is 43.8. The molecule has 0 aromatic heterocycles. The summed E-state index contributed by atoms with van der Waals surface area (Å²) in [4.78, 5) is 0. The highest BCUT2D eigenvalue weighted by molar-refractivity contribution is 6.28. The van der Waals surface area contributed by atoms with E-state index in [4.69, 9.17) is 0 Å². The Morgan fingerprint density at radius 1 is 0.209 bits per heavy atom. The summed E-state index contributed by atoms with van der Waals surface area (Å²) < 4.78 is 0. The van der Waals surface area contributed by atoms with Crippen LogP contribution in [0.5, 0.6) is 0 Å². The standard InChI is InChI=1S/C67H40/c1-2-23-44-41(19-1)20-18-36-45(44)42-21-17-22-43(39-42)62-53-31-8-10-33-55(53)63(56-34-11-9-32-54(56)62)58-40-61-64(51-29-6-4-26-48(51)58)65-52-30-7-3-24-46(52)47-25-5-12-35-57(47)66(65)67(61)59-37-15-13-27-49(59)50-28-14-16-38-60(50)67/h1-40H. The highest BCUT2D eigenvalue weighted by Gasteiger charge is 2.53. The van der Waals surface area contributed by atoms with Gasteiger partial charge in [0, 0.05) is 0 Å². The zero-order valence-electron chi connectivity index (χ0n) is 36.6. The smallest absolute Gasteiger partial charge is 0.0619 e. The number of hydrogen-bond donors (Lipinski definition) is 0. The predicted octanol–water partition coefficient (Wildman–Crippen LogP) is 18.0. The fourth-order valence-corrected chi connectivity index (χ4v) is 12.9. The van der Waals surface area contributed by atoms with Crippen molar-refractivity contribution in [1.82, 2.24) is 0 Å². The Labute approximate surface area is 388 Å². The maximum atomic E-state index is 2.63. The molecule has 13 aromatic rings. The zero-order valence-corrected chi connectivity index (χ0v) is 36.6. The summed E-state index contributed by atoms with van der Waals surface area (Å²) in [5.74, 6) is 0. The van der Waals surface area contributed by atoms with Gasteiger partial charge in [0.15, 0.2) is 0 Å². The molecule has 13 aromatic carbocycles. The molecule has 0 bridgehead atoms. The summed E-state index contributed by atoms with van der Waals surface area (Å²) in [7, 11) is 0. The van der Waals surface area contributed by atoms with Gasteiger partial charge < -0.3 is 0 Å². The molecule has 2 aliphatic rings. The Hall–Kier alpha value is -8.58. The third-order valence-electron chi connectivity index (χ3n) is 15.4. The van der Waals surface area contributed by atoms with E-state index in [0.717, 1.165) is 0 Å². The Bertz CT molecular complexity index is 4170. The SMILES string of the molecule is c1cc(-c2cccc3ccccc23)cc(-c2c3ccccc3c(-c3cc4c(c5ccccc35)-c3c(c5ccccc5c5ccccc35)C43c4ccccc4-c4ccccc43)c3ccccc23)c1. The van der Waals surface area contributed by atoms with E-state index >= 15 is 0 Å². The first kappa shape index (κ1) is 36.7. The molecule has 0 heterocycles. The molecule has 0 unspecified atom stereocenters. The van der Waals surface area contributed by atoms with Crippen molar-refractivity contribution in [3.05, 3.63) is 265 Å². The van der Waals surface area contributed by atoms with Gasteiger partial charge in [0.1, 0.15) is 0 Å². The minimum Gasteiger partial charge on any atom is -0.0619 e. The minimum absolute atomic E-state index is 0.562. The molecule has 0 saturated heterocycles. The van der Waals surface area contributed by atoms with Gasteiger partial charge in [-0.1, -0.05) is 231 Å². The summed E-state index contributed by atoms with van der Waals surface area (Å²) >= 11 is 0. The summed E-state index contributed by atoms with van der Waals surface area (Å²) in [5.41, 5.74) is 17.7. The highest BCUT2D eigenvalue weighted by atomic mass is 14.5. The fourth-order valence-electron chi connectivity index (χ4n) is 12.9. The van der Waals surface area contributed by atoms with E-state index in [1.54, 1.807) is 0 Å². The Balaban J connectivity index is 1.09. The van der Waals surface area contributed by atoms with Crippen LogP contribution in [0.25, 0.3) is 120 Å². The van der Waals surface area contributed by atoms with Gasteiger partial charge in [-0.2, -0.15) is 0 Å². The number of benzene rings is 13. The lowest BCUT2D eigenvalue weighted by Gasteiger charge is -2.32. The van der Waals surface area contributed by atoms with Crippen molar-refractivity contribution in [1.29, 1.82) is 0 Å². The topological polar surface area (TPSA) is 0 Å². The largest absolute Gasteiger partial charge is 0.0732 e. The second kappa shape index (κ2) is 13.7. The lowest BCUT2D eigenvalue weighted by Crippen LogP contribution is -2.26. The Kier molecular flexibility index (Phi) is 7.52. The molecule has 0 aliphatic heterocycles. The average molecular weight is 845 g/mol. The highest BCUT2D eigenvalue weighted by Crippen LogP contribution is 2.67. The van der Waals surface area contributed by atoms with Crippen LogP contribution in [0.15, 0.2) is 243 Å². The van der Waals surface area contributed by atoms with Crippen LogP contribution >= 0.6 is 0 Å². The predicted molar refractivity (Wildman–Crippen MR) is 284 cm³/mol. The van der Waals surface area contributed by atoms with Crippen molar-refractivity contribution in [2.24, 2.45) is 0 Å². The number of fused-ring (bicyclic) bond motifs is 20. The van der Waals surface area contributed by atoms with Crippen molar-refractivity contribution in [3.63, 3.8) is 0 Å². The van der Waals surface area contributed by atoms with E-state index in [1.807, 2.05) is 0 Å². The Morgan fingerprint density at radius 3 is 1.27 bits per heavy atom. The van der Waals surface area contributed by atoms with E-state index in [9.17, 15) is 0 Å². The molecule has 308 valence electrons. The summed E-state index contributed by atoms with van der Waals surface area (Å²) in [6.07, 6.45) is 0. The van der Waals surface area contributed by atoms with E-state index in [-0.39, 0.29) is 0 Å². The second-order valence-electron chi connectivity index (χ2n) is 18.5. The van der Waals surface area contributed by atoms with Gasteiger partial charge >= 0.3 is 0 Å². The minimum atomic E-state index is -0.562. The number of hydrogen-bond acceptors (Lipinski definition) is 0.